The summed E-state index contributed by atoms with van der Waals surface area (Å²) in [5, 5.41) is 0. The molecule has 0 amide bonds. The fourth-order valence-corrected chi connectivity index (χ4v) is 2.48. The van der Waals surface area contributed by atoms with Crippen molar-refractivity contribution in [2.45, 2.75) is 39.4 Å². The number of likely N-dealkylation sites (N-methyl/N-ethyl adjacent to an activating group) is 1. The zero-order chi connectivity index (χ0) is 14.2. The summed E-state index contributed by atoms with van der Waals surface area (Å²) in [7, 11) is 1.90. The van der Waals surface area contributed by atoms with Gasteiger partial charge in [0.05, 0.1) is 5.69 Å². The van der Waals surface area contributed by atoms with E-state index in [0.717, 1.165) is 18.5 Å². The molecule has 1 aromatic heterocycles. The van der Waals surface area contributed by atoms with Crippen LogP contribution in [-0.2, 0) is 25.6 Å². The Labute approximate surface area is 111 Å². The third kappa shape index (κ3) is 3.26. The Kier molecular flexibility index (Phi) is 3.85. The van der Waals surface area contributed by atoms with Crippen LogP contribution < -0.4 is 0 Å². The fraction of sp³-hybridized carbons (Fsp3) is 0.643. The second-order valence-corrected chi connectivity index (χ2v) is 5.69. The molecule has 0 fully saturated rings. The van der Waals surface area contributed by atoms with E-state index in [0.29, 0.717) is 24.2 Å². The maximum atomic E-state index is 13.1. The quantitative estimate of drug-likeness (QED) is 0.821. The maximum Gasteiger partial charge on any atom is 0.433 e. The molecule has 2 nitrogen and oxygen atoms in total. The van der Waals surface area contributed by atoms with Crippen LogP contribution in [0.4, 0.5) is 13.2 Å². The molecule has 2 heterocycles. The topological polar surface area (TPSA) is 16.1 Å². The van der Waals surface area contributed by atoms with Crippen LogP contribution >= 0.6 is 0 Å². The molecule has 1 aliphatic rings. The van der Waals surface area contributed by atoms with Crippen molar-refractivity contribution < 1.29 is 13.2 Å². The lowest BCUT2D eigenvalue weighted by atomic mass is 9.96. The first-order chi connectivity index (χ1) is 8.77. The SMILES string of the molecule is CC(C)Cc1cc2c(nc1C(F)(F)F)CN(C)CC2. The minimum Gasteiger partial charge on any atom is -0.300 e. The molecular weight excluding hydrogens is 253 g/mol. The molecule has 0 bridgehead atoms. The van der Waals surface area contributed by atoms with Gasteiger partial charge in [-0.1, -0.05) is 19.9 Å². The van der Waals surface area contributed by atoms with E-state index in [4.69, 9.17) is 0 Å². The first kappa shape index (κ1) is 14.3. The van der Waals surface area contributed by atoms with Crippen LogP contribution in [-0.4, -0.2) is 23.5 Å². The van der Waals surface area contributed by atoms with Crippen LogP contribution in [0, 0.1) is 5.92 Å². The molecule has 0 radical (unpaired) electrons. The van der Waals surface area contributed by atoms with Gasteiger partial charge in [0.15, 0.2) is 0 Å². The predicted molar refractivity (Wildman–Crippen MR) is 67.8 cm³/mol. The minimum absolute atomic E-state index is 0.187. The number of hydrogen-bond acceptors (Lipinski definition) is 2. The van der Waals surface area contributed by atoms with Gasteiger partial charge in [0.25, 0.3) is 0 Å². The highest BCUT2D eigenvalue weighted by molar-refractivity contribution is 5.34. The number of aromatic nitrogens is 1. The molecular formula is C14H19F3N2. The van der Waals surface area contributed by atoms with Crippen LogP contribution in [0.1, 0.15) is 36.4 Å². The number of fused-ring (bicyclic) bond motifs is 1. The van der Waals surface area contributed by atoms with E-state index in [1.807, 2.05) is 25.8 Å². The molecule has 1 aromatic rings. The van der Waals surface area contributed by atoms with Gasteiger partial charge in [0.1, 0.15) is 5.69 Å². The highest BCUT2D eigenvalue weighted by Gasteiger charge is 2.36. The highest BCUT2D eigenvalue weighted by Crippen LogP contribution is 2.33. The summed E-state index contributed by atoms with van der Waals surface area (Å²) in [6, 6.07) is 1.72. The van der Waals surface area contributed by atoms with E-state index in [1.165, 1.54) is 0 Å². The standard InChI is InChI=1S/C14H19F3N2/c1-9(2)6-11-7-10-4-5-19(3)8-12(10)18-13(11)14(15,16)17/h7,9H,4-6,8H2,1-3H3. The van der Waals surface area contributed by atoms with Gasteiger partial charge in [0.2, 0.25) is 0 Å². The summed E-state index contributed by atoms with van der Waals surface area (Å²) in [4.78, 5) is 5.92. The number of alkyl halides is 3. The molecule has 5 heteroatoms. The minimum atomic E-state index is -4.37. The summed E-state index contributed by atoms with van der Waals surface area (Å²) in [5.41, 5.74) is 1.19. The normalized spacial score (nSPS) is 16.8. The lowest BCUT2D eigenvalue weighted by Crippen LogP contribution is -2.29. The third-order valence-corrected chi connectivity index (χ3v) is 3.35. The van der Waals surface area contributed by atoms with Crippen LogP contribution in [0.15, 0.2) is 6.07 Å². The average molecular weight is 272 g/mol. The number of halogens is 3. The number of rotatable bonds is 2. The highest BCUT2D eigenvalue weighted by atomic mass is 19.4. The Hall–Kier alpha value is -1.10. The Morgan fingerprint density at radius 1 is 1.37 bits per heavy atom. The monoisotopic (exact) mass is 272 g/mol. The van der Waals surface area contributed by atoms with Crippen molar-refractivity contribution in [2.75, 3.05) is 13.6 Å². The summed E-state index contributed by atoms with van der Waals surface area (Å²) < 4.78 is 39.3. The summed E-state index contributed by atoms with van der Waals surface area (Å²) in [6.07, 6.45) is -3.16. The van der Waals surface area contributed by atoms with Crippen LogP contribution in [0.2, 0.25) is 0 Å². The van der Waals surface area contributed by atoms with Gasteiger partial charge >= 0.3 is 6.18 Å². The van der Waals surface area contributed by atoms with Crippen molar-refractivity contribution >= 4 is 0 Å². The summed E-state index contributed by atoms with van der Waals surface area (Å²) in [6.45, 7) is 5.22. The Morgan fingerprint density at radius 2 is 2.05 bits per heavy atom. The van der Waals surface area contributed by atoms with E-state index < -0.39 is 11.9 Å². The van der Waals surface area contributed by atoms with E-state index >= 15 is 0 Å². The molecule has 0 spiro atoms. The first-order valence-corrected chi connectivity index (χ1v) is 6.54. The molecule has 19 heavy (non-hydrogen) atoms. The summed E-state index contributed by atoms with van der Waals surface area (Å²) >= 11 is 0. The van der Waals surface area contributed by atoms with Gasteiger partial charge in [-0.3, -0.25) is 0 Å². The fourth-order valence-electron chi connectivity index (χ4n) is 2.48. The van der Waals surface area contributed by atoms with Gasteiger partial charge < -0.3 is 4.90 Å². The number of hydrogen-bond donors (Lipinski definition) is 0. The lowest BCUT2D eigenvalue weighted by Gasteiger charge is -2.26. The van der Waals surface area contributed by atoms with Gasteiger partial charge in [-0.2, -0.15) is 13.2 Å². The van der Waals surface area contributed by atoms with Gasteiger partial charge in [-0.25, -0.2) is 4.98 Å². The number of pyridine rings is 1. The van der Waals surface area contributed by atoms with Crippen molar-refractivity contribution in [3.8, 4) is 0 Å². The van der Waals surface area contributed by atoms with Crippen molar-refractivity contribution in [3.05, 3.63) is 28.6 Å². The van der Waals surface area contributed by atoms with Crippen molar-refractivity contribution in [3.63, 3.8) is 0 Å². The second kappa shape index (κ2) is 5.12. The van der Waals surface area contributed by atoms with Gasteiger partial charge in [0, 0.05) is 13.1 Å². The molecule has 0 aromatic carbocycles. The molecule has 1 aliphatic heterocycles. The van der Waals surface area contributed by atoms with Gasteiger partial charge in [-0.05, 0) is 36.9 Å². The summed E-state index contributed by atoms with van der Waals surface area (Å²) in [5.74, 6) is 0.187. The Bertz CT molecular complexity index is 466. The average Bonchev–Trinajstić information content (AvgIpc) is 2.26. The predicted octanol–water partition coefficient (Wildman–Crippen LogP) is 3.29. The molecule has 0 atom stereocenters. The van der Waals surface area contributed by atoms with Gasteiger partial charge in [-0.15, -0.1) is 0 Å². The number of nitrogens with zero attached hydrogens (tertiary/aromatic N) is 2. The third-order valence-electron chi connectivity index (χ3n) is 3.35. The molecule has 2 rings (SSSR count). The Balaban J connectivity index is 2.47. The molecule has 0 aliphatic carbocycles. The van der Waals surface area contributed by atoms with Crippen molar-refractivity contribution in [1.82, 2.24) is 9.88 Å². The molecule has 0 N–H and O–H groups in total. The molecule has 0 saturated heterocycles. The van der Waals surface area contributed by atoms with Crippen molar-refractivity contribution in [2.24, 2.45) is 5.92 Å². The van der Waals surface area contributed by atoms with Crippen molar-refractivity contribution in [1.29, 1.82) is 0 Å². The zero-order valence-corrected chi connectivity index (χ0v) is 11.5. The van der Waals surface area contributed by atoms with E-state index in [-0.39, 0.29) is 5.92 Å². The van der Waals surface area contributed by atoms with Crippen LogP contribution in [0.3, 0.4) is 0 Å². The van der Waals surface area contributed by atoms with E-state index in [9.17, 15) is 13.2 Å². The largest absolute Gasteiger partial charge is 0.433 e. The smallest absolute Gasteiger partial charge is 0.300 e. The molecule has 0 unspecified atom stereocenters. The van der Waals surface area contributed by atoms with E-state index in [1.54, 1.807) is 6.07 Å². The maximum absolute atomic E-state index is 13.1. The lowest BCUT2D eigenvalue weighted by molar-refractivity contribution is -0.142. The van der Waals surface area contributed by atoms with Crippen LogP contribution in [0.25, 0.3) is 0 Å². The first-order valence-electron chi connectivity index (χ1n) is 6.54. The Morgan fingerprint density at radius 3 is 2.63 bits per heavy atom. The molecule has 0 saturated carbocycles. The zero-order valence-electron chi connectivity index (χ0n) is 11.5. The second-order valence-electron chi connectivity index (χ2n) is 5.69. The molecule has 106 valence electrons. The van der Waals surface area contributed by atoms with Crippen LogP contribution in [0.5, 0.6) is 0 Å². The van der Waals surface area contributed by atoms with E-state index in [2.05, 4.69) is 4.98 Å².